The maximum atomic E-state index is 12.1. The monoisotopic (exact) mass is 310 g/mol. The minimum Gasteiger partial charge on any atom is -0.354 e. The Morgan fingerprint density at radius 3 is 2.43 bits per heavy atom. The van der Waals surface area contributed by atoms with Crippen molar-refractivity contribution in [2.24, 2.45) is 0 Å². The maximum absolute atomic E-state index is 12.1. The van der Waals surface area contributed by atoms with Gasteiger partial charge in [-0.05, 0) is 17.7 Å². The molecule has 1 N–H and O–H groups in total. The Balaban J connectivity index is 1.41. The minimum absolute atomic E-state index is 0.0835. The first-order chi connectivity index (χ1) is 11.3. The number of hydrogen-bond acceptors (Lipinski definition) is 4. The molecule has 0 spiro atoms. The molecule has 5 nitrogen and oxygen atoms in total. The van der Waals surface area contributed by atoms with Gasteiger partial charge in [0.25, 0.3) is 0 Å². The number of pyridine rings is 1. The first-order valence-corrected chi connectivity index (χ1v) is 8.00. The highest BCUT2D eigenvalue weighted by Gasteiger charge is 2.19. The molecule has 1 fully saturated rings. The van der Waals surface area contributed by atoms with Gasteiger partial charge in [0.05, 0.1) is 6.54 Å². The number of piperazine rings is 1. The first-order valence-electron chi connectivity index (χ1n) is 8.00. The van der Waals surface area contributed by atoms with Gasteiger partial charge in [-0.1, -0.05) is 36.4 Å². The molecule has 120 valence electrons. The van der Waals surface area contributed by atoms with E-state index in [1.54, 1.807) is 0 Å². The number of nitrogens with one attached hydrogen (secondary N) is 1. The number of amides is 1. The van der Waals surface area contributed by atoms with E-state index in [0.717, 1.165) is 37.6 Å². The Kier molecular flexibility index (Phi) is 5.21. The summed E-state index contributed by atoms with van der Waals surface area (Å²) in [6.45, 7) is 4.63. The molecule has 0 aliphatic carbocycles. The second-order valence-corrected chi connectivity index (χ2v) is 5.71. The number of nitrogens with zero attached hydrogens (tertiary/aromatic N) is 3. The maximum Gasteiger partial charge on any atom is 0.234 e. The number of carbonyl (C=O) groups excluding carboxylic acids is 1. The lowest BCUT2D eigenvalue weighted by atomic mass is 10.2. The summed E-state index contributed by atoms with van der Waals surface area (Å²) >= 11 is 0. The summed E-state index contributed by atoms with van der Waals surface area (Å²) < 4.78 is 0. The molecule has 3 rings (SSSR count). The predicted molar refractivity (Wildman–Crippen MR) is 91.2 cm³/mol. The molecule has 1 amide bonds. The SMILES string of the molecule is O=C(CN1CCN(c2ccccn2)CC1)NCc1ccccc1. The fourth-order valence-corrected chi connectivity index (χ4v) is 2.73. The summed E-state index contributed by atoms with van der Waals surface area (Å²) in [7, 11) is 0. The van der Waals surface area contributed by atoms with Gasteiger partial charge in [0, 0.05) is 38.9 Å². The van der Waals surface area contributed by atoms with Crippen molar-refractivity contribution >= 4 is 11.7 Å². The third kappa shape index (κ3) is 4.53. The zero-order valence-corrected chi connectivity index (χ0v) is 13.2. The smallest absolute Gasteiger partial charge is 0.234 e. The van der Waals surface area contributed by atoms with Crippen molar-refractivity contribution in [1.29, 1.82) is 0 Å². The van der Waals surface area contributed by atoms with Gasteiger partial charge in [0.2, 0.25) is 5.91 Å². The average Bonchev–Trinajstić information content (AvgIpc) is 2.62. The largest absolute Gasteiger partial charge is 0.354 e. The normalized spacial score (nSPS) is 15.4. The van der Waals surface area contributed by atoms with Crippen molar-refractivity contribution in [1.82, 2.24) is 15.2 Å². The third-order valence-corrected chi connectivity index (χ3v) is 4.05. The highest BCUT2D eigenvalue weighted by Crippen LogP contribution is 2.12. The van der Waals surface area contributed by atoms with Crippen LogP contribution in [0.3, 0.4) is 0 Å². The lowest BCUT2D eigenvalue weighted by molar-refractivity contribution is -0.122. The molecule has 0 atom stereocenters. The van der Waals surface area contributed by atoms with Crippen LogP contribution in [0.15, 0.2) is 54.7 Å². The third-order valence-electron chi connectivity index (χ3n) is 4.05. The van der Waals surface area contributed by atoms with E-state index in [2.05, 4.69) is 20.1 Å². The fraction of sp³-hybridized carbons (Fsp3) is 0.333. The van der Waals surface area contributed by atoms with E-state index in [0.29, 0.717) is 13.1 Å². The first kappa shape index (κ1) is 15.5. The van der Waals surface area contributed by atoms with Gasteiger partial charge >= 0.3 is 0 Å². The molecule has 0 unspecified atom stereocenters. The van der Waals surface area contributed by atoms with Crippen molar-refractivity contribution in [3.8, 4) is 0 Å². The van der Waals surface area contributed by atoms with E-state index in [9.17, 15) is 4.79 Å². The fourth-order valence-electron chi connectivity index (χ4n) is 2.73. The Morgan fingerprint density at radius 2 is 1.74 bits per heavy atom. The molecule has 1 aromatic heterocycles. The summed E-state index contributed by atoms with van der Waals surface area (Å²) in [5.74, 6) is 1.10. The van der Waals surface area contributed by atoms with Crippen LogP contribution in [-0.2, 0) is 11.3 Å². The van der Waals surface area contributed by atoms with Gasteiger partial charge in [0.1, 0.15) is 5.82 Å². The number of aromatic nitrogens is 1. The summed E-state index contributed by atoms with van der Waals surface area (Å²) in [5, 5.41) is 2.98. The van der Waals surface area contributed by atoms with Crippen LogP contribution in [-0.4, -0.2) is 48.5 Å². The topological polar surface area (TPSA) is 48.5 Å². The molecule has 5 heteroatoms. The summed E-state index contributed by atoms with van der Waals surface area (Å²) in [5.41, 5.74) is 1.13. The minimum atomic E-state index is 0.0835. The van der Waals surface area contributed by atoms with Gasteiger partial charge in [-0.25, -0.2) is 4.98 Å². The molecule has 0 bridgehead atoms. The molecule has 0 saturated carbocycles. The van der Waals surface area contributed by atoms with E-state index in [1.165, 1.54) is 0 Å². The second-order valence-electron chi connectivity index (χ2n) is 5.71. The van der Waals surface area contributed by atoms with E-state index in [-0.39, 0.29) is 5.91 Å². The predicted octanol–water partition coefficient (Wildman–Crippen LogP) is 1.52. The summed E-state index contributed by atoms with van der Waals surface area (Å²) in [6, 6.07) is 16.0. The van der Waals surface area contributed by atoms with Crippen LogP contribution in [0.25, 0.3) is 0 Å². The molecule has 23 heavy (non-hydrogen) atoms. The van der Waals surface area contributed by atoms with Crippen molar-refractivity contribution in [3.63, 3.8) is 0 Å². The van der Waals surface area contributed by atoms with E-state index in [4.69, 9.17) is 0 Å². The van der Waals surface area contributed by atoms with Crippen LogP contribution in [0.5, 0.6) is 0 Å². The van der Waals surface area contributed by atoms with Gasteiger partial charge in [-0.3, -0.25) is 9.69 Å². The lowest BCUT2D eigenvalue weighted by Crippen LogP contribution is -2.49. The van der Waals surface area contributed by atoms with Gasteiger partial charge in [-0.15, -0.1) is 0 Å². The van der Waals surface area contributed by atoms with Crippen LogP contribution in [0, 0.1) is 0 Å². The number of rotatable bonds is 5. The average molecular weight is 310 g/mol. The van der Waals surface area contributed by atoms with Crippen LogP contribution in [0.1, 0.15) is 5.56 Å². The van der Waals surface area contributed by atoms with Crippen molar-refractivity contribution in [3.05, 3.63) is 60.3 Å². The molecule has 2 heterocycles. The van der Waals surface area contributed by atoms with E-state index in [1.807, 2.05) is 54.7 Å². The molecular formula is C18H22N4O. The summed E-state index contributed by atoms with van der Waals surface area (Å²) in [4.78, 5) is 20.9. The van der Waals surface area contributed by atoms with Crippen molar-refractivity contribution in [2.75, 3.05) is 37.6 Å². The highest BCUT2D eigenvalue weighted by molar-refractivity contribution is 5.78. The van der Waals surface area contributed by atoms with Crippen molar-refractivity contribution < 1.29 is 4.79 Å². The number of carbonyl (C=O) groups is 1. The van der Waals surface area contributed by atoms with Gasteiger partial charge in [-0.2, -0.15) is 0 Å². The standard InChI is InChI=1S/C18H22N4O/c23-18(20-14-16-6-2-1-3-7-16)15-21-10-12-22(13-11-21)17-8-4-5-9-19-17/h1-9H,10-15H2,(H,20,23). The Morgan fingerprint density at radius 1 is 1.00 bits per heavy atom. The molecular weight excluding hydrogens is 288 g/mol. The number of benzene rings is 1. The Labute approximate surface area is 136 Å². The molecule has 1 aliphatic rings. The van der Waals surface area contributed by atoms with Gasteiger partial charge in [0.15, 0.2) is 0 Å². The second kappa shape index (κ2) is 7.74. The Bertz CT molecular complexity index is 609. The van der Waals surface area contributed by atoms with Crippen LogP contribution < -0.4 is 10.2 Å². The summed E-state index contributed by atoms with van der Waals surface area (Å²) in [6.07, 6.45) is 1.82. The molecule has 2 aromatic rings. The Hall–Kier alpha value is -2.40. The molecule has 0 radical (unpaired) electrons. The molecule has 1 aromatic carbocycles. The quantitative estimate of drug-likeness (QED) is 0.910. The molecule has 1 saturated heterocycles. The number of hydrogen-bond donors (Lipinski definition) is 1. The van der Waals surface area contributed by atoms with Crippen LogP contribution in [0.4, 0.5) is 5.82 Å². The van der Waals surface area contributed by atoms with Crippen LogP contribution in [0.2, 0.25) is 0 Å². The van der Waals surface area contributed by atoms with Gasteiger partial charge < -0.3 is 10.2 Å². The van der Waals surface area contributed by atoms with E-state index < -0.39 is 0 Å². The highest BCUT2D eigenvalue weighted by atomic mass is 16.2. The molecule has 1 aliphatic heterocycles. The van der Waals surface area contributed by atoms with Crippen molar-refractivity contribution in [2.45, 2.75) is 6.54 Å². The number of anilines is 1. The van der Waals surface area contributed by atoms with E-state index >= 15 is 0 Å². The zero-order valence-electron chi connectivity index (χ0n) is 13.2. The van der Waals surface area contributed by atoms with Crippen LogP contribution >= 0.6 is 0 Å². The zero-order chi connectivity index (χ0) is 15.9. The lowest BCUT2D eigenvalue weighted by Gasteiger charge is -2.34.